The van der Waals surface area contributed by atoms with Gasteiger partial charge in [0.2, 0.25) is 0 Å². The van der Waals surface area contributed by atoms with E-state index in [0.29, 0.717) is 5.56 Å². The highest BCUT2D eigenvalue weighted by molar-refractivity contribution is 5.67. The minimum absolute atomic E-state index is 0.0330. The number of hydrogen-bond donors (Lipinski definition) is 1. The molecule has 1 aromatic rings. The predicted molar refractivity (Wildman–Crippen MR) is 75.1 cm³/mol. The number of halogens is 1. The van der Waals surface area contributed by atoms with Gasteiger partial charge >= 0.3 is 5.97 Å². The van der Waals surface area contributed by atoms with Crippen molar-refractivity contribution in [3.8, 4) is 0 Å². The number of carboxylic acids is 1. The molecule has 0 radical (unpaired) electrons. The van der Waals surface area contributed by atoms with Crippen molar-refractivity contribution in [2.24, 2.45) is 0 Å². The molecule has 1 saturated heterocycles. The van der Waals surface area contributed by atoms with Crippen LogP contribution in [0, 0.1) is 5.82 Å². The molecule has 2 rings (SSSR count). The zero-order valence-electron chi connectivity index (χ0n) is 11.8. The molecular formula is C15H21FN2O2. The first-order valence-corrected chi connectivity index (χ1v) is 6.94. The molecule has 0 amide bonds. The van der Waals surface area contributed by atoms with Crippen molar-refractivity contribution >= 4 is 5.97 Å². The maximum Gasteiger partial charge on any atom is 0.303 e. The molecular weight excluding hydrogens is 259 g/mol. The van der Waals surface area contributed by atoms with E-state index in [-0.39, 0.29) is 18.7 Å². The van der Waals surface area contributed by atoms with E-state index in [4.69, 9.17) is 5.11 Å². The highest BCUT2D eigenvalue weighted by Gasteiger charge is 2.14. The van der Waals surface area contributed by atoms with E-state index in [2.05, 4.69) is 16.8 Å². The molecule has 1 heterocycles. The average Bonchev–Trinajstić information content (AvgIpc) is 2.40. The summed E-state index contributed by atoms with van der Waals surface area (Å²) in [5.41, 5.74) is 1.43. The number of hydrogen-bond acceptors (Lipinski definition) is 3. The molecule has 0 unspecified atom stereocenters. The van der Waals surface area contributed by atoms with Crippen LogP contribution in [0.25, 0.3) is 0 Å². The first kappa shape index (κ1) is 14.9. The number of benzene rings is 1. The molecule has 0 atom stereocenters. The molecule has 0 aliphatic carbocycles. The number of piperazine rings is 1. The predicted octanol–water partition coefficient (Wildman–Crippen LogP) is 1.59. The molecule has 4 nitrogen and oxygen atoms in total. The molecule has 1 fully saturated rings. The van der Waals surface area contributed by atoms with Crippen molar-refractivity contribution in [1.82, 2.24) is 9.80 Å². The highest BCUT2D eigenvalue weighted by atomic mass is 19.1. The Morgan fingerprint density at radius 3 is 2.60 bits per heavy atom. The third kappa shape index (κ3) is 4.28. The van der Waals surface area contributed by atoms with Gasteiger partial charge in [0.1, 0.15) is 5.82 Å². The Balaban J connectivity index is 1.93. The summed E-state index contributed by atoms with van der Waals surface area (Å²) in [6, 6.07) is 5.15. The Hall–Kier alpha value is -1.46. The Bertz CT molecular complexity index is 471. The molecule has 1 aromatic carbocycles. The number of likely N-dealkylation sites (N-methyl/N-ethyl adjacent to an activating group) is 1. The zero-order valence-corrected chi connectivity index (χ0v) is 11.8. The van der Waals surface area contributed by atoms with Gasteiger partial charge in [-0.05, 0) is 30.7 Å². The lowest BCUT2D eigenvalue weighted by atomic mass is 10.1. The molecule has 20 heavy (non-hydrogen) atoms. The maximum atomic E-state index is 13.9. The van der Waals surface area contributed by atoms with Crippen molar-refractivity contribution < 1.29 is 14.3 Å². The fraction of sp³-hybridized carbons (Fsp3) is 0.533. The van der Waals surface area contributed by atoms with Gasteiger partial charge in [0.25, 0.3) is 0 Å². The van der Waals surface area contributed by atoms with E-state index in [1.54, 1.807) is 6.07 Å². The van der Waals surface area contributed by atoms with Gasteiger partial charge < -0.3 is 10.0 Å². The summed E-state index contributed by atoms with van der Waals surface area (Å²) in [4.78, 5) is 15.1. The van der Waals surface area contributed by atoms with E-state index in [1.165, 1.54) is 6.07 Å². The fourth-order valence-electron chi connectivity index (χ4n) is 2.40. The zero-order chi connectivity index (χ0) is 14.5. The Kier molecular flexibility index (Phi) is 5.09. The highest BCUT2D eigenvalue weighted by Crippen LogP contribution is 2.15. The third-order valence-corrected chi connectivity index (χ3v) is 3.73. The van der Waals surface area contributed by atoms with E-state index in [0.717, 1.165) is 38.3 Å². The van der Waals surface area contributed by atoms with Gasteiger partial charge in [-0.2, -0.15) is 0 Å². The third-order valence-electron chi connectivity index (χ3n) is 3.73. The molecule has 0 aromatic heterocycles. The second-order valence-electron chi connectivity index (χ2n) is 5.40. The number of aryl methyl sites for hydroxylation is 1. The van der Waals surface area contributed by atoms with Crippen molar-refractivity contribution in [2.75, 3.05) is 33.2 Å². The monoisotopic (exact) mass is 280 g/mol. The second-order valence-corrected chi connectivity index (χ2v) is 5.40. The Morgan fingerprint density at radius 2 is 2.00 bits per heavy atom. The average molecular weight is 280 g/mol. The first-order valence-electron chi connectivity index (χ1n) is 6.94. The first-order chi connectivity index (χ1) is 9.54. The largest absolute Gasteiger partial charge is 0.481 e. The van der Waals surface area contributed by atoms with Crippen LogP contribution in [-0.4, -0.2) is 54.1 Å². The van der Waals surface area contributed by atoms with Crippen molar-refractivity contribution in [3.63, 3.8) is 0 Å². The van der Waals surface area contributed by atoms with Gasteiger partial charge in [0.05, 0.1) is 0 Å². The summed E-state index contributed by atoms with van der Waals surface area (Å²) in [5.74, 6) is -1.19. The van der Waals surface area contributed by atoms with Crippen molar-refractivity contribution in [1.29, 1.82) is 0 Å². The van der Waals surface area contributed by atoms with Crippen LogP contribution in [0.3, 0.4) is 0 Å². The molecule has 1 N–H and O–H groups in total. The minimum atomic E-state index is -0.897. The summed E-state index contributed by atoms with van der Waals surface area (Å²) in [6.07, 6.45) is 0.213. The van der Waals surface area contributed by atoms with Gasteiger partial charge in [0.15, 0.2) is 0 Å². The topological polar surface area (TPSA) is 43.8 Å². The SMILES string of the molecule is CN1CCN(Cc2ccc(CCC(=O)O)c(F)c2)CC1. The molecule has 0 spiro atoms. The standard InChI is InChI=1S/C15H21FN2O2/c1-17-6-8-18(9-7-17)11-12-2-3-13(14(16)10-12)4-5-15(19)20/h2-3,10H,4-9,11H2,1H3,(H,19,20). The summed E-state index contributed by atoms with van der Waals surface area (Å²) in [5, 5.41) is 8.62. The van der Waals surface area contributed by atoms with E-state index in [9.17, 15) is 9.18 Å². The van der Waals surface area contributed by atoms with Crippen LogP contribution < -0.4 is 0 Å². The number of carboxylic acid groups (broad SMARTS) is 1. The van der Waals surface area contributed by atoms with E-state index < -0.39 is 5.97 Å². The van der Waals surface area contributed by atoms with E-state index >= 15 is 0 Å². The molecule has 0 bridgehead atoms. The maximum absolute atomic E-state index is 13.9. The van der Waals surface area contributed by atoms with Gasteiger partial charge in [-0.1, -0.05) is 12.1 Å². The molecule has 1 aliphatic heterocycles. The molecule has 1 aliphatic rings. The van der Waals surface area contributed by atoms with Gasteiger partial charge in [-0.15, -0.1) is 0 Å². The van der Waals surface area contributed by atoms with Crippen LogP contribution in [0.15, 0.2) is 18.2 Å². The van der Waals surface area contributed by atoms with Crippen LogP contribution in [0.1, 0.15) is 17.5 Å². The normalized spacial score (nSPS) is 17.3. The fourth-order valence-corrected chi connectivity index (χ4v) is 2.40. The number of carbonyl (C=O) groups is 1. The van der Waals surface area contributed by atoms with Gasteiger partial charge in [0, 0.05) is 39.1 Å². The smallest absolute Gasteiger partial charge is 0.303 e. The van der Waals surface area contributed by atoms with Gasteiger partial charge in [-0.3, -0.25) is 9.69 Å². The molecule has 5 heteroatoms. The Morgan fingerprint density at radius 1 is 1.30 bits per heavy atom. The van der Waals surface area contributed by atoms with Crippen LogP contribution in [-0.2, 0) is 17.8 Å². The Labute approximate surface area is 118 Å². The number of rotatable bonds is 5. The molecule has 110 valence electrons. The lowest BCUT2D eigenvalue weighted by Gasteiger charge is -2.32. The number of nitrogens with zero attached hydrogens (tertiary/aromatic N) is 2. The van der Waals surface area contributed by atoms with Crippen LogP contribution >= 0.6 is 0 Å². The van der Waals surface area contributed by atoms with Crippen LogP contribution in [0.4, 0.5) is 4.39 Å². The van der Waals surface area contributed by atoms with Crippen molar-refractivity contribution in [3.05, 3.63) is 35.1 Å². The summed E-state index contributed by atoms with van der Waals surface area (Å²) in [7, 11) is 2.11. The second kappa shape index (κ2) is 6.81. The van der Waals surface area contributed by atoms with Crippen LogP contribution in [0.5, 0.6) is 0 Å². The summed E-state index contributed by atoms with van der Waals surface area (Å²) >= 11 is 0. The lowest BCUT2D eigenvalue weighted by Crippen LogP contribution is -2.43. The minimum Gasteiger partial charge on any atom is -0.481 e. The quantitative estimate of drug-likeness (QED) is 0.889. The van der Waals surface area contributed by atoms with E-state index in [1.807, 2.05) is 6.07 Å². The number of aliphatic carboxylic acids is 1. The van der Waals surface area contributed by atoms with Crippen LogP contribution in [0.2, 0.25) is 0 Å². The summed E-state index contributed by atoms with van der Waals surface area (Å²) in [6.45, 7) is 4.83. The summed E-state index contributed by atoms with van der Waals surface area (Å²) < 4.78 is 13.9. The molecule has 0 saturated carbocycles. The lowest BCUT2D eigenvalue weighted by molar-refractivity contribution is -0.136. The van der Waals surface area contributed by atoms with Gasteiger partial charge in [-0.25, -0.2) is 4.39 Å². The van der Waals surface area contributed by atoms with Crippen molar-refractivity contribution in [2.45, 2.75) is 19.4 Å².